The molecule has 1 unspecified atom stereocenters. The molecule has 3 heterocycles. The number of benzene rings is 1. The largest absolute Gasteiger partial charge is 0.337 e. The van der Waals surface area contributed by atoms with Gasteiger partial charge in [0.25, 0.3) is 5.91 Å². The maximum Gasteiger partial charge on any atom is 0.294 e. The van der Waals surface area contributed by atoms with Crippen LogP contribution in [-0.2, 0) is 6.42 Å². The molecule has 0 saturated carbocycles. The maximum absolute atomic E-state index is 13.0. The molecule has 1 aliphatic heterocycles. The average Bonchev–Trinajstić information content (AvgIpc) is 3.16. The van der Waals surface area contributed by atoms with Crippen molar-refractivity contribution in [3.05, 3.63) is 41.8 Å². The van der Waals surface area contributed by atoms with Crippen molar-refractivity contribution in [3.63, 3.8) is 0 Å². The van der Waals surface area contributed by atoms with Crippen molar-refractivity contribution in [1.29, 1.82) is 0 Å². The van der Waals surface area contributed by atoms with Gasteiger partial charge >= 0.3 is 0 Å². The lowest BCUT2D eigenvalue weighted by atomic mass is 10.0. The van der Waals surface area contributed by atoms with Crippen LogP contribution in [0.3, 0.4) is 0 Å². The molecule has 0 spiro atoms. The van der Waals surface area contributed by atoms with Gasteiger partial charge in [-0.15, -0.1) is 10.2 Å². The van der Waals surface area contributed by atoms with Crippen molar-refractivity contribution in [2.24, 2.45) is 0 Å². The van der Waals surface area contributed by atoms with E-state index in [1.54, 1.807) is 4.90 Å². The topological polar surface area (TPSA) is 97.9 Å². The fraction of sp³-hybridized carbons (Fsp3) is 0.412. The standard InChI is InChI=1S/C17H18N6O2/c1-2-14-19-16(25-22-14)13-9-5-6-10-23(13)17(24)15-18-11-7-3-4-8-12(11)20-21-15/h3-4,7-8,13H,2,5-6,9-10H2,1H3. The first-order valence-electron chi connectivity index (χ1n) is 8.49. The molecule has 1 atom stereocenters. The molecule has 0 radical (unpaired) electrons. The van der Waals surface area contributed by atoms with Crippen molar-refractivity contribution in [2.75, 3.05) is 6.54 Å². The summed E-state index contributed by atoms with van der Waals surface area (Å²) in [5.74, 6) is 0.982. The molecule has 2 aromatic heterocycles. The highest BCUT2D eigenvalue weighted by molar-refractivity contribution is 5.92. The number of rotatable bonds is 3. The van der Waals surface area contributed by atoms with Crippen LogP contribution in [0.1, 0.15) is 54.6 Å². The number of hydrogen-bond acceptors (Lipinski definition) is 7. The molecular formula is C17H18N6O2. The van der Waals surface area contributed by atoms with E-state index in [-0.39, 0.29) is 17.8 Å². The number of likely N-dealkylation sites (tertiary alicyclic amines) is 1. The first-order valence-corrected chi connectivity index (χ1v) is 8.49. The zero-order chi connectivity index (χ0) is 17.2. The van der Waals surface area contributed by atoms with Crippen LogP contribution in [0.2, 0.25) is 0 Å². The molecule has 128 valence electrons. The Labute approximate surface area is 144 Å². The number of carbonyl (C=O) groups is 1. The van der Waals surface area contributed by atoms with E-state index in [0.717, 1.165) is 19.3 Å². The summed E-state index contributed by atoms with van der Waals surface area (Å²) in [5.41, 5.74) is 1.32. The van der Waals surface area contributed by atoms with Gasteiger partial charge in [-0.05, 0) is 31.4 Å². The van der Waals surface area contributed by atoms with Crippen LogP contribution in [0.15, 0.2) is 28.8 Å². The number of aromatic nitrogens is 5. The Morgan fingerprint density at radius 1 is 1.20 bits per heavy atom. The summed E-state index contributed by atoms with van der Waals surface area (Å²) in [6.07, 6.45) is 3.42. The van der Waals surface area contributed by atoms with Gasteiger partial charge in [0, 0.05) is 13.0 Å². The SMILES string of the molecule is CCc1noc(C2CCCCN2C(=O)c2nnc3ccccc3n2)n1. The Morgan fingerprint density at radius 3 is 2.84 bits per heavy atom. The number of aryl methyl sites for hydroxylation is 1. The third-order valence-corrected chi connectivity index (χ3v) is 4.40. The molecule has 1 amide bonds. The van der Waals surface area contributed by atoms with Gasteiger partial charge in [0.15, 0.2) is 5.82 Å². The average molecular weight is 338 g/mol. The molecule has 3 aromatic rings. The second kappa shape index (κ2) is 6.54. The van der Waals surface area contributed by atoms with Crippen molar-refractivity contribution in [1.82, 2.24) is 30.2 Å². The maximum atomic E-state index is 13.0. The molecule has 1 saturated heterocycles. The molecule has 8 nitrogen and oxygen atoms in total. The van der Waals surface area contributed by atoms with Gasteiger partial charge in [0.05, 0.1) is 5.52 Å². The van der Waals surface area contributed by atoms with E-state index in [9.17, 15) is 4.79 Å². The minimum Gasteiger partial charge on any atom is -0.337 e. The lowest BCUT2D eigenvalue weighted by molar-refractivity contribution is 0.0548. The second-order valence-corrected chi connectivity index (χ2v) is 6.04. The molecule has 8 heteroatoms. The van der Waals surface area contributed by atoms with Crippen LogP contribution in [0, 0.1) is 0 Å². The molecule has 0 N–H and O–H groups in total. The second-order valence-electron chi connectivity index (χ2n) is 6.04. The van der Waals surface area contributed by atoms with Crippen LogP contribution in [-0.4, -0.2) is 42.7 Å². The summed E-state index contributed by atoms with van der Waals surface area (Å²) >= 11 is 0. The van der Waals surface area contributed by atoms with Crippen molar-refractivity contribution in [2.45, 2.75) is 38.6 Å². The van der Waals surface area contributed by atoms with E-state index in [0.29, 0.717) is 35.7 Å². The minimum absolute atomic E-state index is 0.0980. The number of piperidine rings is 1. The van der Waals surface area contributed by atoms with E-state index in [4.69, 9.17) is 4.52 Å². The van der Waals surface area contributed by atoms with Crippen LogP contribution in [0.5, 0.6) is 0 Å². The smallest absolute Gasteiger partial charge is 0.294 e. The van der Waals surface area contributed by atoms with Crippen molar-refractivity contribution < 1.29 is 9.32 Å². The number of hydrogen-bond donors (Lipinski definition) is 0. The normalized spacial score (nSPS) is 17.8. The highest BCUT2D eigenvalue weighted by Crippen LogP contribution is 2.30. The summed E-state index contributed by atoms with van der Waals surface area (Å²) in [7, 11) is 0. The predicted molar refractivity (Wildman–Crippen MR) is 88.6 cm³/mol. The van der Waals surface area contributed by atoms with Gasteiger partial charge in [-0.25, -0.2) is 4.98 Å². The molecule has 0 aliphatic carbocycles. The molecule has 1 aromatic carbocycles. The Hall–Kier alpha value is -2.90. The first kappa shape index (κ1) is 15.6. The molecule has 25 heavy (non-hydrogen) atoms. The van der Waals surface area contributed by atoms with Crippen LogP contribution >= 0.6 is 0 Å². The highest BCUT2D eigenvalue weighted by atomic mass is 16.5. The predicted octanol–water partition coefficient (Wildman–Crippen LogP) is 2.34. The van der Waals surface area contributed by atoms with Crippen LogP contribution in [0.25, 0.3) is 11.0 Å². The van der Waals surface area contributed by atoms with Gasteiger partial charge in [0.1, 0.15) is 11.6 Å². The van der Waals surface area contributed by atoms with Crippen molar-refractivity contribution >= 4 is 16.9 Å². The zero-order valence-corrected chi connectivity index (χ0v) is 13.9. The highest BCUT2D eigenvalue weighted by Gasteiger charge is 2.34. The summed E-state index contributed by atoms with van der Waals surface area (Å²) in [6.45, 7) is 2.58. The molecule has 4 rings (SSSR count). The lowest BCUT2D eigenvalue weighted by Gasteiger charge is -2.32. The van der Waals surface area contributed by atoms with Gasteiger partial charge in [0.2, 0.25) is 11.7 Å². The Kier molecular flexibility index (Phi) is 4.09. The molecule has 1 fully saturated rings. The zero-order valence-electron chi connectivity index (χ0n) is 13.9. The van der Waals surface area contributed by atoms with E-state index in [2.05, 4.69) is 25.3 Å². The quantitative estimate of drug-likeness (QED) is 0.723. The number of carbonyl (C=O) groups excluding carboxylic acids is 1. The number of amides is 1. The third kappa shape index (κ3) is 2.95. The Morgan fingerprint density at radius 2 is 2.04 bits per heavy atom. The summed E-state index contributed by atoms with van der Waals surface area (Å²) in [4.78, 5) is 23.5. The van der Waals surface area contributed by atoms with Crippen molar-refractivity contribution in [3.8, 4) is 0 Å². The van der Waals surface area contributed by atoms with Gasteiger partial charge in [-0.3, -0.25) is 4.79 Å². The molecule has 1 aliphatic rings. The van der Waals surface area contributed by atoms with E-state index < -0.39 is 0 Å². The summed E-state index contributed by atoms with van der Waals surface area (Å²) < 4.78 is 5.37. The van der Waals surface area contributed by atoms with Gasteiger partial charge in [-0.2, -0.15) is 4.98 Å². The third-order valence-electron chi connectivity index (χ3n) is 4.40. The number of para-hydroxylation sites is 1. The fourth-order valence-electron chi connectivity index (χ4n) is 3.08. The number of fused-ring (bicyclic) bond motifs is 1. The monoisotopic (exact) mass is 338 g/mol. The van der Waals surface area contributed by atoms with Crippen LogP contribution < -0.4 is 0 Å². The fourth-order valence-corrected chi connectivity index (χ4v) is 3.08. The van der Waals surface area contributed by atoms with Gasteiger partial charge in [-0.1, -0.05) is 24.2 Å². The van der Waals surface area contributed by atoms with E-state index in [1.165, 1.54) is 0 Å². The van der Waals surface area contributed by atoms with Crippen LogP contribution in [0.4, 0.5) is 0 Å². The Bertz CT molecular complexity index is 909. The Balaban J connectivity index is 1.65. The first-order chi connectivity index (χ1) is 12.3. The molecular weight excluding hydrogens is 320 g/mol. The lowest BCUT2D eigenvalue weighted by Crippen LogP contribution is -2.39. The molecule has 0 bridgehead atoms. The summed E-state index contributed by atoms with van der Waals surface area (Å²) in [5, 5.41) is 12.1. The van der Waals surface area contributed by atoms with E-state index in [1.807, 2.05) is 31.2 Å². The van der Waals surface area contributed by atoms with Gasteiger partial charge < -0.3 is 9.42 Å². The minimum atomic E-state index is -0.251. The number of nitrogens with zero attached hydrogens (tertiary/aromatic N) is 6. The summed E-state index contributed by atoms with van der Waals surface area (Å²) in [6, 6.07) is 7.13. The van der Waals surface area contributed by atoms with E-state index >= 15 is 0 Å².